The molecule has 1 aliphatic rings. The predicted molar refractivity (Wildman–Crippen MR) is 343 cm³/mol. The van der Waals surface area contributed by atoms with E-state index in [0.717, 1.165) is 66.5 Å². The SMILES string of the molecule is CC(C)(C)c1cc(/C2=c3\cc/c([nH]3)=C(\c3cc(C(C)(C)C)cc(C(C)(C)C)c3)c3ccc([nH]3)/C(c3cc(C(C)(C)C)cc(C(C)(C)C)c3)=c3/cc/c([nH]3)=C(\c3cc(C(C)(C)C)cc(C(C)(C)C)c3)c3ccc2[nH]3)cc(C(C)(C)C)c1. The minimum Gasteiger partial charge on any atom is -0.354 e. The summed E-state index contributed by atoms with van der Waals surface area (Å²) in [7, 11) is 0. The third-order valence-corrected chi connectivity index (χ3v) is 16.7. The maximum absolute atomic E-state index is 4.17. The summed E-state index contributed by atoms with van der Waals surface area (Å²) in [5.74, 6) is 0. The Morgan fingerprint density at radius 3 is 0.475 bits per heavy atom. The second-order valence-corrected chi connectivity index (χ2v) is 31.8. The van der Waals surface area contributed by atoms with Gasteiger partial charge in [-0.2, -0.15) is 0 Å². The maximum atomic E-state index is 4.17. The number of fused-ring (bicyclic) bond motifs is 8. The van der Waals surface area contributed by atoms with E-state index in [-0.39, 0.29) is 43.3 Å². The number of aromatic amines is 4. The molecule has 9 rings (SSSR count). The van der Waals surface area contributed by atoms with Crippen LogP contribution >= 0.6 is 0 Å². The summed E-state index contributed by atoms with van der Waals surface area (Å²) in [6.45, 7) is 56.1. The normalized spacial score (nSPS) is 17.1. The molecule has 0 saturated heterocycles. The van der Waals surface area contributed by atoms with Crippen LogP contribution in [0.25, 0.3) is 22.3 Å². The zero-order valence-electron chi connectivity index (χ0n) is 53.5. The van der Waals surface area contributed by atoms with Crippen LogP contribution in [-0.4, -0.2) is 19.9 Å². The first-order valence-corrected chi connectivity index (χ1v) is 29.6. The van der Waals surface area contributed by atoms with Crippen molar-refractivity contribution in [3.63, 3.8) is 0 Å². The molecule has 0 unspecified atom stereocenters. The number of aromatic nitrogens is 4. The van der Waals surface area contributed by atoms with Crippen LogP contribution in [0.15, 0.2) is 121 Å². The summed E-state index contributed by atoms with van der Waals surface area (Å²) in [5, 5.41) is 4.20. The average molecular weight is 1070 g/mol. The highest BCUT2D eigenvalue weighted by Crippen LogP contribution is 2.40. The lowest BCUT2D eigenvalue weighted by Gasteiger charge is -2.27. The lowest BCUT2D eigenvalue weighted by atomic mass is 9.78. The largest absolute Gasteiger partial charge is 0.354 e. The fraction of sp³-hybridized carbons (Fsp3) is 0.421. The Morgan fingerprint density at radius 2 is 0.338 bits per heavy atom. The van der Waals surface area contributed by atoms with E-state index in [0.29, 0.717) is 0 Å². The van der Waals surface area contributed by atoms with E-state index in [1.807, 2.05) is 0 Å². The Morgan fingerprint density at radius 1 is 0.188 bits per heavy atom. The van der Waals surface area contributed by atoms with Crippen LogP contribution in [0.4, 0.5) is 0 Å². The first kappa shape index (κ1) is 58.1. The summed E-state index contributed by atoms with van der Waals surface area (Å²) in [6.07, 6.45) is 0. The van der Waals surface area contributed by atoms with E-state index in [9.17, 15) is 0 Å². The molecular weight excluding hydrogens is 969 g/mol. The molecule has 420 valence electrons. The van der Waals surface area contributed by atoms with Crippen LogP contribution in [0.1, 0.15) is 256 Å². The van der Waals surface area contributed by atoms with Crippen LogP contribution in [0.2, 0.25) is 0 Å². The third-order valence-electron chi connectivity index (χ3n) is 16.7. The minimum absolute atomic E-state index is 0.0842. The standard InChI is InChI=1S/C76H96N4/c1-69(2,3)49-33-45(34-50(41-49)70(4,5)6)65-57-25-27-59(77-57)66(46-35-51(71(7,8)9)42-52(36-46)72(10,11)12)61-29-31-63(79-61)68(48-39-55(75(19,20)21)44-56(40-48)76(22,23)24)64-32-30-62(80-64)67(60-28-26-58(65)78-60)47-37-53(73(13,14)15)43-54(38-47)74(16,17)18/h25-44,77-80H,1-24H3/b65-57-,65-58?,66-59-,66-61?,67-60?,67-62-,68-63?,68-64-. The van der Waals surface area contributed by atoms with Crippen molar-refractivity contribution in [2.24, 2.45) is 0 Å². The minimum atomic E-state index is -0.0842. The van der Waals surface area contributed by atoms with Gasteiger partial charge < -0.3 is 19.9 Å². The molecule has 0 amide bonds. The molecule has 0 radical (unpaired) electrons. The van der Waals surface area contributed by atoms with Crippen LogP contribution < -0.4 is 21.4 Å². The Kier molecular flexibility index (Phi) is 14.2. The van der Waals surface area contributed by atoms with Gasteiger partial charge in [0.1, 0.15) is 0 Å². The van der Waals surface area contributed by atoms with Gasteiger partial charge in [-0.1, -0.05) is 239 Å². The molecule has 4 N–H and O–H groups in total. The quantitative estimate of drug-likeness (QED) is 0.136. The molecule has 5 heterocycles. The molecule has 0 fully saturated rings. The van der Waals surface area contributed by atoms with Gasteiger partial charge in [0.05, 0.1) is 0 Å². The van der Waals surface area contributed by atoms with Gasteiger partial charge in [0.25, 0.3) is 0 Å². The Hall–Kier alpha value is -6.52. The molecule has 0 atom stereocenters. The number of rotatable bonds is 4. The van der Waals surface area contributed by atoms with Crippen molar-refractivity contribution in [3.8, 4) is 0 Å². The van der Waals surface area contributed by atoms with Gasteiger partial charge in [-0.05, 0) is 159 Å². The molecule has 8 aromatic rings. The maximum Gasteiger partial charge on any atom is 0.0485 e. The smallest absolute Gasteiger partial charge is 0.0485 e. The lowest BCUT2D eigenvalue weighted by Crippen LogP contribution is -2.22. The highest BCUT2D eigenvalue weighted by atomic mass is 14.8. The van der Waals surface area contributed by atoms with Crippen molar-refractivity contribution in [3.05, 3.63) is 232 Å². The molecule has 0 aliphatic carbocycles. The molecule has 4 nitrogen and oxygen atoms in total. The van der Waals surface area contributed by atoms with E-state index in [1.54, 1.807) is 0 Å². The molecule has 4 aromatic heterocycles. The first-order valence-electron chi connectivity index (χ1n) is 29.6. The number of benzene rings is 4. The number of hydrogen-bond donors (Lipinski definition) is 4. The van der Waals surface area contributed by atoms with Gasteiger partial charge in [-0.25, -0.2) is 0 Å². The van der Waals surface area contributed by atoms with Crippen LogP contribution in [-0.2, 0) is 43.3 Å². The fourth-order valence-electron chi connectivity index (χ4n) is 11.1. The fourth-order valence-corrected chi connectivity index (χ4v) is 11.1. The molecule has 1 aliphatic heterocycles. The van der Waals surface area contributed by atoms with E-state index in [2.05, 4.69) is 307 Å². The molecule has 4 aromatic carbocycles. The molecular formula is C76H96N4. The number of hydrogen-bond acceptors (Lipinski definition) is 0. The van der Waals surface area contributed by atoms with E-state index in [4.69, 9.17) is 0 Å². The van der Waals surface area contributed by atoms with Crippen molar-refractivity contribution in [1.29, 1.82) is 0 Å². The summed E-state index contributed by atoms with van der Waals surface area (Å²) in [6, 6.07) is 47.8. The monoisotopic (exact) mass is 1060 g/mol. The van der Waals surface area contributed by atoms with Gasteiger partial charge in [0, 0.05) is 66.5 Å². The zero-order valence-corrected chi connectivity index (χ0v) is 53.5. The summed E-state index contributed by atoms with van der Waals surface area (Å²) >= 11 is 0. The van der Waals surface area contributed by atoms with E-state index in [1.165, 1.54) is 66.8 Å². The van der Waals surface area contributed by atoms with Crippen LogP contribution in [0.3, 0.4) is 0 Å². The summed E-state index contributed by atoms with van der Waals surface area (Å²) in [4.78, 5) is 16.7. The topological polar surface area (TPSA) is 63.2 Å². The average Bonchev–Trinajstić information content (AvgIpc) is 4.17. The molecule has 0 saturated carbocycles. The van der Waals surface area contributed by atoms with E-state index < -0.39 is 0 Å². The van der Waals surface area contributed by atoms with Gasteiger partial charge in [0.2, 0.25) is 0 Å². The summed E-state index contributed by atoms with van der Waals surface area (Å²) in [5.41, 5.74) is 23.3. The summed E-state index contributed by atoms with van der Waals surface area (Å²) < 4.78 is 0. The van der Waals surface area contributed by atoms with Crippen molar-refractivity contribution >= 4 is 22.3 Å². The van der Waals surface area contributed by atoms with Crippen LogP contribution in [0.5, 0.6) is 0 Å². The number of H-pyrrole nitrogens is 4. The van der Waals surface area contributed by atoms with Crippen molar-refractivity contribution in [2.75, 3.05) is 0 Å². The first-order chi connectivity index (χ1) is 36.6. The Balaban J connectivity index is 1.53. The van der Waals surface area contributed by atoms with Crippen molar-refractivity contribution < 1.29 is 0 Å². The Labute approximate surface area is 481 Å². The zero-order chi connectivity index (χ0) is 58.8. The second-order valence-electron chi connectivity index (χ2n) is 31.8. The van der Waals surface area contributed by atoms with Gasteiger partial charge in [-0.15, -0.1) is 0 Å². The van der Waals surface area contributed by atoms with Gasteiger partial charge in [0.15, 0.2) is 0 Å². The third kappa shape index (κ3) is 11.8. The second kappa shape index (κ2) is 19.6. The van der Waals surface area contributed by atoms with Gasteiger partial charge in [-0.3, -0.25) is 0 Å². The predicted octanol–water partition coefficient (Wildman–Crippen LogP) is 16.7. The molecule has 80 heavy (non-hydrogen) atoms. The molecule has 4 heteroatoms. The van der Waals surface area contributed by atoms with Gasteiger partial charge >= 0.3 is 0 Å². The van der Waals surface area contributed by atoms with Crippen LogP contribution in [0, 0.1) is 0 Å². The van der Waals surface area contributed by atoms with E-state index >= 15 is 0 Å². The van der Waals surface area contributed by atoms with Crippen molar-refractivity contribution in [1.82, 2.24) is 19.9 Å². The number of nitrogens with one attached hydrogen (secondary N) is 4. The molecule has 8 bridgehead atoms. The Bertz CT molecular complexity index is 3300. The lowest BCUT2D eigenvalue weighted by molar-refractivity contribution is 0.567. The molecule has 0 spiro atoms. The van der Waals surface area contributed by atoms with Crippen molar-refractivity contribution in [2.45, 2.75) is 209 Å². The highest BCUT2D eigenvalue weighted by Gasteiger charge is 2.29. The highest BCUT2D eigenvalue weighted by molar-refractivity contribution is 5.86.